The summed E-state index contributed by atoms with van der Waals surface area (Å²) < 4.78 is 17.1. The van der Waals surface area contributed by atoms with E-state index in [1.54, 1.807) is 6.07 Å². The van der Waals surface area contributed by atoms with Gasteiger partial charge in [-0.15, -0.1) is 0 Å². The number of aromatic nitrogens is 2. The van der Waals surface area contributed by atoms with E-state index in [9.17, 15) is 4.39 Å². The summed E-state index contributed by atoms with van der Waals surface area (Å²) in [5, 5.41) is 2.29. The number of piperidine rings is 1. The fourth-order valence-electron chi connectivity index (χ4n) is 3.12. The molecule has 1 saturated heterocycles. The van der Waals surface area contributed by atoms with E-state index in [2.05, 4.69) is 23.8 Å². The summed E-state index contributed by atoms with van der Waals surface area (Å²) >= 11 is 7.47. The van der Waals surface area contributed by atoms with Crippen LogP contribution in [-0.2, 0) is 0 Å². The van der Waals surface area contributed by atoms with E-state index >= 15 is 0 Å². The van der Waals surface area contributed by atoms with Crippen LogP contribution in [0.25, 0.3) is 11.0 Å². The van der Waals surface area contributed by atoms with Gasteiger partial charge in [0, 0.05) is 18.2 Å². The molecule has 3 rings (SSSR count). The highest BCUT2D eigenvalue weighted by atomic mass is 127. The molecule has 2 aromatic rings. The number of nitrogens with one attached hydrogen (secondary N) is 1. The minimum atomic E-state index is -0.196. The van der Waals surface area contributed by atoms with Crippen LogP contribution in [0.5, 0.6) is 0 Å². The number of imidazole rings is 1. The summed E-state index contributed by atoms with van der Waals surface area (Å²) in [6.45, 7) is 4.42. The molecule has 1 aromatic carbocycles. The van der Waals surface area contributed by atoms with Crippen LogP contribution in [0, 0.1) is 14.2 Å². The highest BCUT2D eigenvalue weighted by Gasteiger charge is 2.27. The van der Waals surface area contributed by atoms with E-state index in [0.717, 1.165) is 23.9 Å². The maximum absolute atomic E-state index is 13.9. The molecule has 1 N–H and O–H groups in total. The molecule has 2 heterocycles. The Balaban J connectivity index is 2.22. The van der Waals surface area contributed by atoms with Gasteiger partial charge in [0.2, 0.25) is 0 Å². The first-order chi connectivity index (χ1) is 9.49. The van der Waals surface area contributed by atoms with Crippen molar-refractivity contribution >= 4 is 45.8 Å². The molecule has 3 nitrogen and oxygen atoms in total. The molecule has 108 valence electrons. The SMILES string of the molecule is CC1CCCC(C)N1n1c(=S)[nH]c2cc(I)c(F)cc21. The first-order valence-electron chi connectivity index (χ1n) is 6.87. The van der Waals surface area contributed by atoms with Crippen molar-refractivity contribution < 1.29 is 4.39 Å². The molecule has 20 heavy (non-hydrogen) atoms. The van der Waals surface area contributed by atoms with Crippen LogP contribution in [0.1, 0.15) is 33.1 Å². The topological polar surface area (TPSA) is 24.0 Å². The maximum atomic E-state index is 13.9. The first-order valence-corrected chi connectivity index (χ1v) is 8.36. The summed E-state index contributed by atoms with van der Waals surface area (Å²) in [5.41, 5.74) is 1.72. The Kier molecular flexibility index (Phi) is 3.79. The monoisotopic (exact) mass is 405 g/mol. The number of hydrogen-bond donors (Lipinski definition) is 1. The Morgan fingerprint density at radius 2 is 1.95 bits per heavy atom. The molecule has 1 aliphatic rings. The van der Waals surface area contributed by atoms with E-state index in [1.807, 2.05) is 33.3 Å². The molecule has 2 atom stereocenters. The second-order valence-electron chi connectivity index (χ2n) is 5.53. The van der Waals surface area contributed by atoms with Crippen LogP contribution < -0.4 is 5.01 Å². The molecule has 0 spiro atoms. The number of benzene rings is 1. The van der Waals surface area contributed by atoms with Crippen LogP contribution in [0.15, 0.2) is 12.1 Å². The minimum absolute atomic E-state index is 0.196. The van der Waals surface area contributed by atoms with Crippen molar-refractivity contribution in [3.05, 3.63) is 26.3 Å². The van der Waals surface area contributed by atoms with Crippen LogP contribution in [-0.4, -0.2) is 21.7 Å². The van der Waals surface area contributed by atoms with Crippen molar-refractivity contribution in [3.8, 4) is 0 Å². The van der Waals surface area contributed by atoms with Crippen LogP contribution in [0.4, 0.5) is 4.39 Å². The number of rotatable bonds is 1. The quantitative estimate of drug-likeness (QED) is 0.564. The van der Waals surface area contributed by atoms with E-state index < -0.39 is 0 Å². The standard InChI is InChI=1S/C14H17FIN3S/c1-8-4-3-5-9(2)18(8)19-13-6-10(15)11(16)7-12(13)17-14(19)20/h6-9H,3-5H2,1-2H3,(H,17,20). The van der Waals surface area contributed by atoms with Gasteiger partial charge in [-0.25, -0.2) is 9.07 Å². The molecule has 1 aromatic heterocycles. The van der Waals surface area contributed by atoms with E-state index in [4.69, 9.17) is 12.2 Å². The van der Waals surface area contributed by atoms with Crippen molar-refractivity contribution in [2.45, 2.75) is 45.2 Å². The molecule has 2 unspecified atom stereocenters. The molecular weight excluding hydrogens is 388 g/mol. The third-order valence-corrected chi connectivity index (χ3v) is 5.18. The van der Waals surface area contributed by atoms with Gasteiger partial charge in [0.15, 0.2) is 4.77 Å². The third-order valence-electron chi connectivity index (χ3n) is 4.08. The van der Waals surface area contributed by atoms with E-state index in [0.29, 0.717) is 20.4 Å². The molecule has 0 amide bonds. The van der Waals surface area contributed by atoms with Gasteiger partial charge in [0.05, 0.1) is 14.6 Å². The van der Waals surface area contributed by atoms with E-state index in [-0.39, 0.29) is 5.82 Å². The number of H-pyrrole nitrogens is 1. The van der Waals surface area contributed by atoms with Crippen molar-refractivity contribution in [2.75, 3.05) is 5.01 Å². The molecular formula is C14H17FIN3S. The zero-order chi connectivity index (χ0) is 14.4. The minimum Gasteiger partial charge on any atom is -0.329 e. The second kappa shape index (κ2) is 5.29. The van der Waals surface area contributed by atoms with Gasteiger partial charge in [-0.3, -0.25) is 0 Å². The maximum Gasteiger partial charge on any atom is 0.197 e. The summed E-state index contributed by atoms with van der Waals surface area (Å²) in [5.74, 6) is -0.196. The van der Waals surface area contributed by atoms with Crippen LogP contribution in [0.2, 0.25) is 0 Å². The largest absolute Gasteiger partial charge is 0.329 e. The number of fused-ring (bicyclic) bond motifs is 1. The zero-order valence-corrected chi connectivity index (χ0v) is 14.5. The van der Waals surface area contributed by atoms with Gasteiger partial charge in [-0.1, -0.05) is 0 Å². The zero-order valence-electron chi connectivity index (χ0n) is 11.5. The van der Waals surface area contributed by atoms with Gasteiger partial charge < -0.3 is 9.99 Å². The molecule has 1 aliphatic heterocycles. The number of halogens is 2. The van der Waals surface area contributed by atoms with Crippen molar-refractivity contribution in [3.63, 3.8) is 0 Å². The molecule has 0 bridgehead atoms. The van der Waals surface area contributed by atoms with Gasteiger partial charge in [0.1, 0.15) is 5.82 Å². The van der Waals surface area contributed by atoms with Gasteiger partial charge in [0.25, 0.3) is 0 Å². The summed E-state index contributed by atoms with van der Waals surface area (Å²) in [6, 6.07) is 4.22. The predicted molar refractivity (Wildman–Crippen MR) is 90.8 cm³/mol. The van der Waals surface area contributed by atoms with Crippen LogP contribution >= 0.6 is 34.8 Å². The Bertz CT molecular complexity index is 698. The molecule has 1 fully saturated rings. The average molecular weight is 405 g/mol. The smallest absolute Gasteiger partial charge is 0.197 e. The Morgan fingerprint density at radius 1 is 1.30 bits per heavy atom. The lowest BCUT2D eigenvalue weighted by molar-refractivity contribution is 0.339. The van der Waals surface area contributed by atoms with E-state index in [1.165, 1.54) is 6.42 Å². The van der Waals surface area contributed by atoms with Gasteiger partial charge in [-0.05, 0) is 74.0 Å². The molecule has 6 heteroatoms. The highest BCUT2D eigenvalue weighted by molar-refractivity contribution is 14.1. The Morgan fingerprint density at radius 3 is 2.60 bits per heavy atom. The summed E-state index contributed by atoms with van der Waals surface area (Å²) in [6.07, 6.45) is 3.53. The lowest BCUT2D eigenvalue weighted by atomic mass is 10.00. The van der Waals surface area contributed by atoms with Gasteiger partial charge in [-0.2, -0.15) is 0 Å². The molecule has 0 saturated carbocycles. The average Bonchev–Trinajstić information content (AvgIpc) is 2.67. The highest BCUT2D eigenvalue weighted by Crippen LogP contribution is 2.26. The predicted octanol–water partition coefficient (Wildman–Crippen LogP) is 4.34. The van der Waals surface area contributed by atoms with Crippen LogP contribution in [0.3, 0.4) is 0 Å². The Hall–Kier alpha value is -0.630. The van der Waals surface area contributed by atoms with Crippen molar-refractivity contribution in [2.24, 2.45) is 0 Å². The van der Waals surface area contributed by atoms with Gasteiger partial charge >= 0.3 is 0 Å². The number of nitrogens with zero attached hydrogens (tertiary/aromatic N) is 2. The van der Waals surface area contributed by atoms with Crippen molar-refractivity contribution in [1.29, 1.82) is 0 Å². The lowest BCUT2D eigenvalue weighted by Gasteiger charge is -2.41. The Labute approximate surface area is 136 Å². The first kappa shape index (κ1) is 14.3. The second-order valence-corrected chi connectivity index (χ2v) is 7.08. The fourth-order valence-corrected chi connectivity index (χ4v) is 3.89. The number of hydrogen-bond acceptors (Lipinski definition) is 2. The van der Waals surface area contributed by atoms with Crippen molar-refractivity contribution in [1.82, 2.24) is 9.66 Å². The summed E-state index contributed by atoms with van der Waals surface area (Å²) in [4.78, 5) is 3.20. The summed E-state index contributed by atoms with van der Waals surface area (Å²) in [7, 11) is 0. The molecule has 0 aliphatic carbocycles. The third kappa shape index (κ3) is 2.26. The normalized spacial score (nSPS) is 23.5. The lowest BCUT2D eigenvalue weighted by Crippen LogP contribution is -2.51. The fraction of sp³-hybridized carbons (Fsp3) is 0.500. The molecule has 0 radical (unpaired) electrons. The number of aromatic amines is 1.